The highest BCUT2D eigenvalue weighted by Crippen LogP contribution is 2.53. The number of carbonyl (C=O) groups is 6. The summed E-state index contributed by atoms with van der Waals surface area (Å²) in [6, 6.07) is 11.1. The summed E-state index contributed by atoms with van der Waals surface area (Å²) in [5, 5.41) is 45.5. The quantitative estimate of drug-likeness (QED) is 0.0685. The molecule has 4 aliphatic heterocycles. The van der Waals surface area contributed by atoms with Crippen molar-refractivity contribution in [2.45, 2.75) is 94.2 Å². The number of imide groups is 1. The molecule has 0 bridgehead atoms. The molecule has 3 aromatic rings. The molecular weight excluding hydrogens is 837 g/mol. The molecule has 3 fully saturated rings. The smallest absolute Gasteiger partial charge is 0.311 e. The average Bonchev–Trinajstić information content (AvgIpc) is 3.83. The van der Waals surface area contributed by atoms with Crippen molar-refractivity contribution < 1.29 is 77.6 Å². The van der Waals surface area contributed by atoms with Crippen LogP contribution in [0.25, 0.3) is 0 Å². The molecule has 336 valence electrons. The average molecular weight is 883 g/mol. The van der Waals surface area contributed by atoms with Gasteiger partial charge >= 0.3 is 5.97 Å². The highest BCUT2D eigenvalue weighted by Gasteiger charge is 2.55. The molecule has 0 spiro atoms. The summed E-state index contributed by atoms with van der Waals surface area (Å²) in [5.41, 5.74) is -2.73. The van der Waals surface area contributed by atoms with Gasteiger partial charge in [0, 0.05) is 80.8 Å². The third-order valence-electron chi connectivity index (χ3n) is 13.0. The lowest BCUT2D eigenvalue weighted by Gasteiger charge is -2.43. The van der Waals surface area contributed by atoms with E-state index in [9.17, 15) is 49.2 Å². The Morgan fingerprint density at radius 3 is 2.31 bits per heavy atom. The van der Waals surface area contributed by atoms with Crippen LogP contribution in [0.3, 0.4) is 0 Å². The third-order valence-corrected chi connectivity index (χ3v) is 13.0. The van der Waals surface area contributed by atoms with Crippen LogP contribution in [0.1, 0.15) is 86.4 Å². The first-order valence-electron chi connectivity index (χ1n) is 21.1. The number of amides is 2. The Morgan fingerprint density at radius 1 is 0.906 bits per heavy atom. The second-order valence-electron chi connectivity index (χ2n) is 16.8. The van der Waals surface area contributed by atoms with Crippen molar-refractivity contribution in [2.75, 3.05) is 33.4 Å². The van der Waals surface area contributed by atoms with E-state index in [4.69, 9.17) is 28.4 Å². The van der Waals surface area contributed by atoms with E-state index in [1.54, 1.807) is 6.92 Å². The highest BCUT2D eigenvalue weighted by atomic mass is 16.7. The number of aryl methyl sites for hydroxylation is 1. The predicted octanol–water partition coefficient (Wildman–Crippen LogP) is 1.71. The van der Waals surface area contributed by atoms with E-state index in [-0.39, 0.29) is 71.7 Å². The first-order valence-corrected chi connectivity index (χ1v) is 21.1. The number of aromatic hydroxyl groups is 2. The summed E-state index contributed by atoms with van der Waals surface area (Å²) >= 11 is 0. The minimum Gasteiger partial charge on any atom is -0.507 e. The Bertz CT molecular complexity index is 2470. The van der Waals surface area contributed by atoms with E-state index in [0.717, 1.165) is 16.0 Å². The van der Waals surface area contributed by atoms with Gasteiger partial charge in [-0.15, -0.1) is 0 Å². The van der Waals surface area contributed by atoms with Gasteiger partial charge in [0.1, 0.15) is 35.6 Å². The summed E-state index contributed by atoms with van der Waals surface area (Å²) in [4.78, 5) is 82.1. The number of ketones is 3. The fraction of sp³-hybridized carbons (Fsp3) is 0.435. The predicted molar refractivity (Wildman–Crippen MR) is 217 cm³/mol. The topological polar surface area (TPSA) is 245 Å². The van der Waals surface area contributed by atoms with E-state index in [0.29, 0.717) is 19.6 Å². The number of carbonyl (C=O) groups excluding carboxylic acids is 6. The van der Waals surface area contributed by atoms with E-state index >= 15 is 0 Å². The Labute approximate surface area is 365 Å². The van der Waals surface area contributed by atoms with Crippen LogP contribution >= 0.6 is 0 Å². The molecule has 4 heterocycles. The van der Waals surface area contributed by atoms with Crippen LogP contribution in [0.15, 0.2) is 54.6 Å². The van der Waals surface area contributed by atoms with Crippen molar-refractivity contribution in [3.63, 3.8) is 0 Å². The SMILES string of the molecule is CO[C@H]1OCCN2[C@@H]1O[C@@H]1[C@H](C)O[C@@H](O[C@H]3C[C@](O)(C(=O)CO)Cc4c(O)c5c(c(O)c43)C(=O)c3c(OC(=O)CCc4ccc(CCN6C(=O)C=CC6=O)cc4)cccc3C5=O)C[C@@H]12. The van der Waals surface area contributed by atoms with Gasteiger partial charge in [0.05, 0.1) is 35.5 Å². The number of esters is 1. The molecule has 2 aliphatic carbocycles. The molecule has 3 saturated heterocycles. The Kier molecular flexibility index (Phi) is 11.6. The van der Waals surface area contributed by atoms with Crippen LogP contribution in [0.4, 0.5) is 0 Å². The second-order valence-corrected chi connectivity index (χ2v) is 16.8. The van der Waals surface area contributed by atoms with Gasteiger partial charge in [0.25, 0.3) is 11.8 Å². The van der Waals surface area contributed by atoms with Gasteiger partial charge in [-0.05, 0) is 37.0 Å². The summed E-state index contributed by atoms with van der Waals surface area (Å²) in [7, 11) is 1.52. The molecule has 8 atom stereocenters. The summed E-state index contributed by atoms with van der Waals surface area (Å²) in [5.74, 6) is -6.01. The van der Waals surface area contributed by atoms with Crippen molar-refractivity contribution in [1.82, 2.24) is 9.80 Å². The maximum Gasteiger partial charge on any atom is 0.311 e. The van der Waals surface area contributed by atoms with Crippen LogP contribution in [0.5, 0.6) is 17.2 Å². The molecule has 18 nitrogen and oxygen atoms in total. The highest BCUT2D eigenvalue weighted by molar-refractivity contribution is 6.31. The number of Topliss-reactive ketones (excluding diaryl/α,β-unsaturated/α-hetero) is 1. The van der Waals surface area contributed by atoms with Gasteiger partial charge in [0.2, 0.25) is 5.78 Å². The largest absolute Gasteiger partial charge is 0.507 e. The lowest BCUT2D eigenvalue weighted by atomic mass is 9.72. The molecule has 0 saturated carbocycles. The van der Waals surface area contributed by atoms with E-state index in [2.05, 4.69) is 4.90 Å². The maximum atomic E-state index is 14.5. The van der Waals surface area contributed by atoms with Crippen molar-refractivity contribution in [3.05, 3.63) is 99.1 Å². The summed E-state index contributed by atoms with van der Waals surface area (Å²) in [6.45, 7) is 1.88. The fourth-order valence-electron chi connectivity index (χ4n) is 9.79. The number of aliphatic hydroxyl groups excluding tert-OH is 1. The number of fused-ring (bicyclic) bond motifs is 6. The second kappa shape index (κ2) is 17.0. The number of ether oxygens (including phenoxy) is 6. The van der Waals surface area contributed by atoms with Gasteiger partial charge in [-0.3, -0.25) is 38.6 Å². The van der Waals surface area contributed by atoms with Gasteiger partial charge in [-0.1, -0.05) is 36.4 Å². The van der Waals surface area contributed by atoms with Gasteiger partial charge < -0.3 is 48.8 Å². The van der Waals surface area contributed by atoms with E-state index in [1.807, 2.05) is 24.3 Å². The molecule has 0 radical (unpaired) electrons. The number of hydrogen-bond donors (Lipinski definition) is 4. The molecule has 2 amide bonds. The minimum atomic E-state index is -2.32. The monoisotopic (exact) mass is 882 g/mol. The molecule has 0 aromatic heterocycles. The molecule has 6 aliphatic rings. The van der Waals surface area contributed by atoms with Crippen molar-refractivity contribution in [2.24, 2.45) is 0 Å². The minimum absolute atomic E-state index is 0.118. The first kappa shape index (κ1) is 43.5. The lowest BCUT2D eigenvalue weighted by Crippen LogP contribution is -2.55. The zero-order chi connectivity index (χ0) is 45.2. The van der Waals surface area contributed by atoms with Gasteiger partial charge in [-0.2, -0.15) is 0 Å². The van der Waals surface area contributed by atoms with Crippen molar-refractivity contribution in [3.8, 4) is 17.2 Å². The lowest BCUT2D eigenvalue weighted by molar-refractivity contribution is -0.256. The number of methoxy groups -OCH3 is 1. The Balaban J connectivity index is 0.960. The van der Waals surface area contributed by atoms with Crippen LogP contribution in [0, 0.1) is 0 Å². The number of nitrogens with zero attached hydrogens (tertiary/aromatic N) is 2. The molecule has 0 unspecified atom stereocenters. The van der Waals surface area contributed by atoms with Gasteiger partial charge in [-0.25, -0.2) is 0 Å². The molecular formula is C46H46N2O16. The van der Waals surface area contributed by atoms with E-state index in [1.165, 1.54) is 37.5 Å². The fourth-order valence-corrected chi connectivity index (χ4v) is 9.79. The van der Waals surface area contributed by atoms with Crippen LogP contribution < -0.4 is 4.74 Å². The van der Waals surface area contributed by atoms with Crippen LogP contribution in [-0.4, -0.2) is 141 Å². The number of morpholine rings is 1. The van der Waals surface area contributed by atoms with Crippen molar-refractivity contribution in [1.29, 1.82) is 0 Å². The zero-order valence-electron chi connectivity index (χ0n) is 34.9. The van der Waals surface area contributed by atoms with Gasteiger partial charge in [0.15, 0.2) is 30.4 Å². The van der Waals surface area contributed by atoms with E-state index < -0.39 is 108 Å². The summed E-state index contributed by atoms with van der Waals surface area (Å²) in [6.07, 6.45) is -2.39. The Hall–Kier alpha value is -5.70. The molecule has 18 heteroatoms. The summed E-state index contributed by atoms with van der Waals surface area (Å²) < 4.78 is 35.9. The standard InChI is InChI=1S/C46H46N2O16/c1-22-43-27(47-16-17-60-45(59-2)44(47)64-43)18-34(61-22)63-29-20-46(58,30(50)21-49)19-26-36(29)42(57)38-37(40(26)55)39(54)25-4-3-5-28(35(25)41(38)56)62-33(53)13-10-23-6-8-24(9-7-23)14-15-48-31(51)11-12-32(48)52/h3-9,11-12,22,27,29,34,43-45,49,55,57-58H,10,13-21H2,1-2H3/t22-,27-,29-,34-,43+,44+,45-,46-/m0/s1. The molecule has 64 heavy (non-hydrogen) atoms. The van der Waals surface area contributed by atoms with Crippen LogP contribution in [0.2, 0.25) is 0 Å². The number of aliphatic hydroxyl groups is 2. The normalized spacial score (nSPS) is 28.4. The zero-order valence-corrected chi connectivity index (χ0v) is 34.9. The molecule has 9 rings (SSSR count). The number of rotatable bonds is 12. The van der Waals surface area contributed by atoms with Crippen molar-refractivity contribution >= 4 is 35.1 Å². The number of phenolic OH excluding ortho intramolecular Hbond substituents is 2. The molecule has 4 N–H and O–H groups in total. The molecule has 3 aromatic carbocycles. The maximum absolute atomic E-state index is 14.5. The van der Waals surface area contributed by atoms with Crippen LogP contribution in [-0.2, 0) is 62.1 Å². The Morgan fingerprint density at radius 2 is 1.61 bits per heavy atom. The first-order chi connectivity index (χ1) is 30.7. The number of phenols is 2. The number of hydrogen-bond acceptors (Lipinski definition) is 17. The number of benzene rings is 3. The third kappa shape index (κ3) is 7.52.